The molecule has 2 unspecified atom stereocenters. The first-order chi connectivity index (χ1) is 9.95. The third-order valence-electron chi connectivity index (χ3n) is 4.65. The van der Waals surface area contributed by atoms with Gasteiger partial charge >= 0.3 is 5.69 Å². The molecule has 0 aliphatic carbocycles. The van der Waals surface area contributed by atoms with Crippen molar-refractivity contribution in [2.75, 3.05) is 7.05 Å². The summed E-state index contributed by atoms with van der Waals surface area (Å²) in [5.41, 5.74) is -0.348. The van der Waals surface area contributed by atoms with Gasteiger partial charge < -0.3 is 10.2 Å². The van der Waals surface area contributed by atoms with Crippen molar-refractivity contribution >= 4 is 11.6 Å². The van der Waals surface area contributed by atoms with Gasteiger partial charge in [-0.15, -0.1) is 0 Å². The molecule has 1 aromatic rings. The lowest BCUT2D eigenvalue weighted by atomic mass is 9.98. The summed E-state index contributed by atoms with van der Waals surface area (Å²) in [6.45, 7) is 0. The van der Waals surface area contributed by atoms with E-state index >= 15 is 0 Å². The van der Waals surface area contributed by atoms with Crippen LogP contribution in [0.2, 0.25) is 0 Å². The molecule has 2 bridgehead atoms. The van der Waals surface area contributed by atoms with E-state index in [0.29, 0.717) is 12.1 Å². The average molecular weight is 293 g/mol. The molecule has 1 aromatic heterocycles. The van der Waals surface area contributed by atoms with E-state index in [9.17, 15) is 14.9 Å². The van der Waals surface area contributed by atoms with E-state index in [2.05, 4.69) is 22.4 Å². The molecule has 2 aliphatic heterocycles. The molecule has 21 heavy (non-hydrogen) atoms. The highest BCUT2D eigenvalue weighted by Gasteiger charge is 2.39. The standard InChI is InChI=1S/C13H19N5O3/c1-16-7-11(18(20)21)12(15-16)13(19)14-8-5-9-3-4-10(6-8)17(9)2/h7-10H,3-6H2,1-2H3,(H,14,19). The van der Waals surface area contributed by atoms with E-state index in [1.54, 1.807) is 7.05 Å². The first kappa shape index (κ1) is 14.0. The molecule has 0 radical (unpaired) electrons. The number of aryl methyl sites for hydroxylation is 1. The molecule has 0 saturated carbocycles. The van der Waals surface area contributed by atoms with Gasteiger partial charge in [0.25, 0.3) is 5.91 Å². The van der Waals surface area contributed by atoms with Gasteiger partial charge in [-0.2, -0.15) is 5.10 Å². The number of carbonyl (C=O) groups excluding carboxylic acids is 1. The van der Waals surface area contributed by atoms with Crippen LogP contribution in [0.25, 0.3) is 0 Å². The second-order valence-corrected chi connectivity index (χ2v) is 5.99. The first-order valence-electron chi connectivity index (χ1n) is 7.16. The molecule has 1 amide bonds. The molecule has 2 atom stereocenters. The third kappa shape index (κ3) is 2.51. The van der Waals surface area contributed by atoms with Crippen molar-refractivity contribution in [1.82, 2.24) is 20.0 Å². The van der Waals surface area contributed by atoms with Gasteiger partial charge in [-0.1, -0.05) is 0 Å². The van der Waals surface area contributed by atoms with Crippen molar-refractivity contribution in [3.05, 3.63) is 22.0 Å². The van der Waals surface area contributed by atoms with Crippen LogP contribution in [0.1, 0.15) is 36.2 Å². The fourth-order valence-corrected chi connectivity index (χ4v) is 3.55. The van der Waals surface area contributed by atoms with Crippen molar-refractivity contribution in [2.45, 2.75) is 43.8 Å². The van der Waals surface area contributed by atoms with Crippen LogP contribution in [0.3, 0.4) is 0 Å². The number of fused-ring (bicyclic) bond motifs is 2. The van der Waals surface area contributed by atoms with Gasteiger partial charge in [-0.25, -0.2) is 0 Å². The van der Waals surface area contributed by atoms with E-state index in [-0.39, 0.29) is 17.4 Å². The highest BCUT2D eigenvalue weighted by molar-refractivity contribution is 5.96. The number of aromatic nitrogens is 2. The molecule has 2 saturated heterocycles. The number of piperidine rings is 1. The predicted octanol–water partition coefficient (Wildman–Crippen LogP) is 0.683. The van der Waals surface area contributed by atoms with Crippen molar-refractivity contribution in [3.63, 3.8) is 0 Å². The largest absolute Gasteiger partial charge is 0.348 e. The molecular weight excluding hydrogens is 274 g/mol. The Morgan fingerprint density at radius 2 is 2.00 bits per heavy atom. The second kappa shape index (κ2) is 5.10. The number of hydrogen-bond acceptors (Lipinski definition) is 5. The summed E-state index contributed by atoms with van der Waals surface area (Å²) in [4.78, 5) is 25.0. The van der Waals surface area contributed by atoms with Crippen LogP contribution in [0.15, 0.2) is 6.20 Å². The lowest BCUT2D eigenvalue weighted by molar-refractivity contribution is -0.385. The quantitative estimate of drug-likeness (QED) is 0.653. The number of hydrogen-bond donors (Lipinski definition) is 1. The topological polar surface area (TPSA) is 93.3 Å². The maximum absolute atomic E-state index is 12.3. The number of nitrogens with one attached hydrogen (secondary N) is 1. The third-order valence-corrected chi connectivity index (χ3v) is 4.65. The highest BCUT2D eigenvalue weighted by atomic mass is 16.6. The van der Waals surface area contributed by atoms with Crippen molar-refractivity contribution in [3.8, 4) is 0 Å². The lowest BCUT2D eigenvalue weighted by Gasteiger charge is -2.36. The van der Waals surface area contributed by atoms with Gasteiger partial charge in [0.15, 0.2) is 0 Å². The Balaban J connectivity index is 1.71. The number of carbonyl (C=O) groups is 1. The molecular formula is C13H19N5O3. The fourth-order valence-electron chi connectivity index (χ4n) is 3.55. The number of amides is 1. The summed E-state index contributed by atoms with van der Waals surface area (Å²) in [5.74, 6) is -0.448. The summed E-state index contributed by atoms with van der Waals surface area (Å²) in [6.07, 6.45) is 5.39. The van der Waals surface area contributed by atoms with Crippen LogP contribution in [0, 0.1) is 10.1 Å². The van der Waals surface area contributed by atoms with Crippen LogP contribution in [0.4, 0.5) is 5.69 Å². The highest BCUT2D eigenvalue weighted by Crippen LogP contribution is 2.34. The molecule has 0 aromatic carbocycles. The van der Waals surface area contributed by atoms with Gasteiger partial charge in [-0.3, -0.25) is 19.6 Å². The minimum atomic E-state index is -0.569. The maximum Gasteiger partial charge on any atom is 0.320 e. The van der Waals surface area contributed by atoms with Crippen LogP contribution >= 0.6 is 0 Å². The Kier molecular flexibility index (Phi) is 3.40. The maximum atomic E-state index is 12.3. The summed E-state index contributed by atoms with van der Waals surface area (Å²) in [6, 6.07) is 1.09. The van der Waals surface area contributed by atoms with Crippen molar-refractivity contribution < 1.29 is 9.72 Å². The Morgan fingerprint density at radius 1 is 1.38 bits per heavy atom. The van der Waals surface area contributed by atoms with Gasteiger partial charge in [0.1, 0.15) is 6.20 Å². The van der Waals surface area contributed by atoms with Gasteiger partial charge in [0.2, 0.25) is 5.69 Å². The number of nitrogens with zero attached hydrogens (tertiary/aromatic N) is 4. The SMILES string of the molecule is CN1C2CCC1CC(NC(=O)c1nn(C)cc1[N+](=O)[O-])C2. The Hall–Kier alpha value is -1.96. The summed E-state index contributed by atoms with van der Waals surface area (Å²) in [5, 5.41) is 17.8. The van der Waals surface area contributed by atoms with Crippen LogP contribution in [-0.4, -0.2) is 50.7 Å². The molecule has 8 nitrogen and oxygen atoms in total. The minimum Gasteiger partial charge on any atom is -0.348 e. The van der Waals surface area contributed by atoms with Crippen LogP contribution in [-0.2, 0) is 7.05 Å². The molecule has 8 heteroatoms. The molecule has 2 aliphatic rings. The summed E-state index contributed by atoms with van der Waals surface area (Å²) in [7, 11) is 3.70. The summed E-state index contributed by atoms with van der Waals surface area (Å²) >= 11 is 0. The molecule has 114 valence electrons. The smallest absolute Gasteiger partial charge is 0.320 e. The second-order valence-electron chi connectivity index (χ2n) is 5.99. The van der Waals surface area contributed by atoms with E-state index in [1.165, 1.54) is 10.9 Å². The molecule has 2 fully saturated rings. The minimum absolute atomic E-state index is 0.0767. The van der Waals surface area contributed by atoms with Crippen LogP contribution in [0.5, 0.6) is 0 Å². The van der Waals surface area contributed by atoms with Gasteiger partial charge in [0.05, 0.1) is 4.92 Å². The van der Waals surface area contributed by atoms with E-state index in [0.717, 1.165) is 25.7 Å². The zero-order valence-electron chi connectivity index (χ0n) is 12.2. The molecule has 1 N–H and O–H groups in total. The number of nitro groups is 1. The molecule has 0 spiro atoms. The Morgan fingerprint density at radius 3 is 2.57 bits per heavy atom. The average Bonchev–Trinajstić information content (AvgIpc) is 2.88. The predicted molar refractivity (Wildman–Crippen MR) is 74.9 cm³/mol. The lowest BCUT2D eigenvalue weighted by Crippen LogP contribution is -2.48. The van der Waals surface area contributed by atoms with Gasteiger partial charge in [-0.05, 0) is 32.7 Å². The van der Waals surface area contributed by atoms with E-state index in [1.807, 2.05) is 0 Å². The molecule has 3 heterocycles. The normalized spacial score (nSPS) is 28.6. The van der Waals surface area contributed by atoms with Gasteiger partial charge in [0, 0.05) is 25.2 Å². The Bertz CT molecular complexity index is 570. The zero-order chi connectivity index (χ0) is 15.1. The first-order valence-corrected chi connectivity index (χ1v) is 7.16. The Labute approximate surface area is 122 Å². The fraction of sp³-hybridized carbons (Fsp3) is 0.692. The summed E-state index contributed by atoms with van der Waals surface area (Å²) < 4.78 is 1.30. The van der Waals surface area contributed by atoms with Crippen molar-refractivity contribution in [2.24, 2.45) is 7.05 Å². The van der Waals surface area contributed by atoms with Crippen molar-refractivity contribution in [1.29, 1.82) is 0 Å². The van der Waals surface area contributed by atoms with Crippen LogP contribution < -0.4 is 5.32 Å². The number of rotatable bonds is 3. The zero-order valence-corrected chi connectivity index (χ0v) is 12.2. The van der Waals surface area contributed by atoms with E-state index < -0.39 is 10.8 Å². The monoisotopic (exact) mass is 293 g/mol. The van der Waals surface area contributed by atoms with E-state index in [4.69, 9.17) is 0 Å². The molecule has 3 rings (SSSR count).